The van der Waals surface area contributed by atoms with Gasteiger partial charge in [0.25, 0.3) is 0 Å². The van der Waals surface area contributed by atoms with E-state index in [1.165, 1.54) is 24.3 Å². The van der Waals surface area contributed by atoms with Crippen molar-refractivity contribution in [1.29, 1.82) is 15.8 Å². The van der Waals surface area contributed by atoms with Crippen LogP contribution in [0.1, 0.15) is 0 Å². The molecule has 1 unspecified atom stereocenters. The molecule has 6 heteroatoms. The van der Waals surface area contributed by atoms with E-state index in [-0.39, 0.29) is 11.1 Å². The Morgan fingerprint density at radius 3 is 2.63 bits per heavy atom. The minimum Gasteiger partial charge on any atom is -0.466 e. The molecular weight excluding hydrogens is 244 g/mol. The zero-order valence-electron chi connectivity index (χ0n) is 9.99. The Morgan fingerprint density at radius 1 is 1.42 bits per heavy atom. The van der Waals surface area contributed by atoms with Gasteiger partial charge in [0.15, 0.2) is 0 Å². The zero-order valence-corrected chi connectivity index (χ0v) is 9.99. The second kappa shape index (κ2) is 4.33. The van der Waals surface area contributed by atoms with E-state index in [0.29, 0.717) is 0 Å². The monoisotopic (exact) mass is 252 g/mol. The molecule has 6 nitrogen and oxygen atoms in total. The van der Waals surface area contributed by atoms with Gasteiger partial charge < -0.3 is 9.64 Å². The van der Waals surface area contributed by atoms with Crippen LogP contribution in [-0.4, -0.2) is 29.6 Å². The molecule has 92 valence electrons. The summed E-state index contributed by atoms with van der Waals surface area (Å²) < 4.78 is 4.64. The Balaban J connectivity index is 2.62. The topological polar surface area (TPSA) is 101 Å². The van der Waals surface area contributed by atoms with E-state index in [2.05, 4.69) is 4.74 Å². The van der Waals surface area contributed by atoms with Gasteiger partial charge in [-0.25, -0.2) is 4.79 Å². The molecule has 0 radical (unpaired) electrons. The van der Waals surface area contributed by atoms with Gasteiger partial charge in [0.05, 0.1) is 30.4 Å². The lowest BCUT2D eigenvalue weighted by molar-refractivity contribution is -0.136. The van der Waals surface area contributed by atoms with Crippen LogP contribution in [0.3, 0.4) is 0 Å². The number of esters is 1. The normalized spacial score (nSPS) is 22.2. The summed E-state index contributed by atoms with van der Waals surface area (Å²) in [5, 5.41) is 27.6. The average molecular weight is 252 g/mol. The molecule has 0 amide bonds. The highest BCUT2D eigenvalue weighted by Gasteiger charge is 2.50. The molecule has 0 aromatic rings. The van der Waals surface area contributed by atoms with Gasteiger partial charge >= 0.3 is 5.97 Å². The quantitative estimate of drug-likeness (QED) is 0.631. The molecule has 19 heavy (non-hydrogen) atoms. The third kappa shape index (κ3) is 1.57. The van der Waals surface area contributed by atoms with Gasteiger partial charge in [0, 0.05) is 6.20 Å². The summed E-state index contributed by atoms with van der Waals surface area (Å²) in [6.45, 7) is 0. The second-order valence-electron chi connectivity index (χ2n) is 3.97. The third-order valence-corrected chi connectivity index (χ3v) is 3.05. The van der Waals surface area contributed by atoms with Crippen LogP contribution in [0.15, 0.2) is 35.6 Å². The van der Waals surface area contributed by atoms with Crippen LogP contribution in [0.25, 0.3) is 0 Å². The highest BCUT2D eigenvalue weighted by molar-refractivity contribution is 5.93. The van der Waals surface area contributed by atoms with Crippen LogP contribution in [0.4, 0.5) is 0 Å². The first kappa shape index (κ1) is 12.4. The van der Waals surface area contributed by atoms with Gasteiger partial charge in [-0.1, -0.05) is 0 Å². The molecule has 0 fully saturated rings. The summed E-state index contributed by atoms with van der Waals surface area (Å²) in [6, 6.07) is 4.97. The molecular formula is C13H8N4O2. The van der Waals surface area contributed by atoms with Crippen molar-refractivity contribution in [2.75, 3.05) is 7.11 Å². The van der Waals surface area contributed by atoms with E-state index >= 15 is 0 Å². The molecule has 0 aliphatic carbocycles. The molecule has 0 spiro atoms. The van der Waals surface area contributed by atoms with Gasteiger partial charge in [-0.15, -0.1) is 0 Å². The number of fused-ring (bicyclic) bond motifs is 1. The van der Waals surface area contributed by atoms with Gasteiger partial charge in [-0.3, -0.25) is 0 Å². The molecule has 2 aliphatic heterocycles. The number of hydrogen-bond acceptors (Lipinski definition) is 6. The number of hydrogen-bond donors (Lipinski definition) is 0. The number of methoxy groups -OCH3 is 1. The predicted octanol–water partition coefficient (Wildman–Crippen LogP) is 0.533. The minimum atomic E-state index is -1.60. The summed E-state index contributed by atoms with van der Waals surface area (Å²) in [7, 11) is 1.21. The summed E-state index contributed by atoms with van der Waals surface area (Å²) in [5.74, 6) is -0.654. The third-order valence-electron chi connectivity index (χ3n) is 3.05. The maximum atomic E-state index is 11.8. The first-order chi connectivity index (χ1) is 9.13. The molecule has 0 saturated heterocycles. The van der Waals surface area contributed by atoms with Crippen LogP contribution in [0.2, 0.25) is 0 Å². The summed E-state index contributed by atoms with van der Waals surface area (Å²) in [5.41, 5.74) is -1.18. The lowest BCUT2D eigenvalue weighted by Gasteiger charge is -2.32. The largest absolute Gasteiger partial charge is 0.466 e. The molecule has 2 heterocycles. The Kier molecular flexibility index (Phi) is 2.83. The molecule has 0 aromatic heterocycles. The van der Waals surface area contributed by atoms with Crippen LogP contribution < -0.4 is 0 Å². The van der Waals surface area contributed by atoms with Crippen molar-refractivity contribution in [2.45, 2.75) is 11.6 Å². The van der Waals surface area contributed by atoms with Crippen molar-refractivity contribution in [3.63, 3.8) is 0 Å². The lowest BCUT2D eigenvalue weighted by atomic mass is 9.99. The molecule has 2 aliphatic rings. The Hall–Kier alpha value is -3.04. The first-order valence-electron chi connectivity index (χ1n) is 5.34. The maximum Gasteiger partial charge on any atom is 0.336 e. The highest BCUT2D eigenvalue weighted by atomic mass is 16.5. The highest BCUT2D eigenvalue weighted by Crippen LogP contribution is 2.38. The van der Waals surface area contributed by atoms with Crippen molar-refractivity contribution in [2.24, 2.45) is 0 Å². The van der Waals surface area contributed by atoms with Crippen LogP contribution in [-0.2, 0) is 9.53 Å². The van der Waals surface area contributed by atoms with E-state index in [0.717, 1.165) is 0 Å². The summed E-state index contributed by atoms with van der Waals surface area (Å²) in [6.07, 6.45) is 5.88. The second-order valence-corrected chi connectivity index (χ2v) is 3.97. The molecule has 0 saturated carbocycles. The number of nitriles is 3. The minimum absolute atomic E-state index is 0.128. The Bertz CT molecular complexity index is 638. The fourth-order valence-corrected chi connectivity index (χ4v) is 2.18. The number of nitrogens with zero attached hydrogens (tertiary/aromatic N) is 4. The maximum absolute atomic E-state index is 11.8. The number of carbonyl (C=O) groups is 1. The van der Waals surface area contributed by atoms with Gasteiger partial charge in [0.1, 0.15) is 12.1 Å². The average Bonchev–Trinajstić information content (AvgIpc) is 2.81. The standard InChI is InChI=1S/C13H8N4O2/c1-19-12(18)10-5-13(7-15,8-16)17-4-2-3-9(6-14)11(10)17/h2-5,11H,1H3. The molecule has 0 N–H and O–H groups in total. The first-order valence-corrected chi connectivity index (χ1v) is 5.34. The number of carbonyl (C=O) groups excluding carboxylic acids is 1. The Labute approximate surface area is 109 Å². The van der Waals surface area contributed by atoms with Crippen molar-refractivity contribution in [1.82, 2.24) is 4.90 Å². The van der Waals surface area contributed by atoms with E-state index in [1.54, 1.807) is 12.2 Å². The summed E-state index contributed by atoms with van der Waals surface area (Å²) in [4.78, 5) is 13.1. The SMILES string of the molecule is COC(=O)C1=CC(C#N)(C#N)N2C=CC=C(C#N)C12. The summed E-state index contributed by atoms with van der Waals surface area (Å²) >= 11 is 0. The number of ether oxygens (including phenoxy) is 1. The number of allylic oxidation sites excluding steroid dienone is 2. The van der Waals surface area contributed by atoms with Crippen molar-refractivity contribution < 1.29 is 9.53 Å². The van der Waals surface area contributed by atoms with Gasteiger partial charge in [0.2, 0.25) is 5.54 Å². The molecule has 0 aromatic carbocycles. The van der Waals surface area contributed by atoms with Gasteiger partial charge in [-0.05, 0) is 18.2 Å². The van der Waals surface area contributed by atoms with Crippen molar-refractivity contribution in [3.8, 4) is 18.2 Å². The van der Waals surface area contributed by atoms with Crippen LogP contribution >= 0.6 is 0 Å². The van der Waals surface area contributed by atoms with Crippen molar-refractivity contribution >= 4 is 5.97 Å². The van der Waals surface area contributed by atoms with E-state index in [9.17, 15) is 15.3 Å². The van der Waals surface area contributed by atoms with Gasteiger partial charge in [-0.2, -0.15) is 15.8 Å². The molecule has 1 atom stereocenters. The zero-order chi connectivity index (χ0) is 14.0. The fourth-order valence-electron chi connectivity index (χ4n) is 2.18. The molecule has 2 rings (SSSR count). The number of rotatable bonds is 1. The van der Waals surface area contributed by atoms with E-state index in [4.69, 9.17) is 5.26 Å². The smallest absolute Gasteiger partial charge is 0.336 e. The lowest BCUT2D eigenvalue weighted by Crippen LogP contribution is -2.44. The van der Waals surface area contributed by atoms with Crippen LogP contribution in [0, 0.1) is 34.0 Å². The molecule has 0 bridgehead atoms. The van der Waals surface area contributed by atoms with E-state index in [1.807, 2.05) is 18.2 Å². The Morgan fingerprint density at radius 2 is 2.11 bits per heavy atom. The van der Waals surface area contributed by atoms with E-state index < -0.39 is 17.6 Å². The predicted molar refractivity (Wildman–Crippen MR) is 62.5 cm³/mol. The van der Waals surface area contributed by atoms with Crippen molar-refractivity contribution in [3.05, 3.63) is 35.6 Å². The fraction of sp³-hybridized carbons (Fsp3) is 0.231. The van der Waals surface area contributed by atoms with Crippen LogP contribution in [0.5, 0.6) is 0 Å².